The Bertz CT molecular complexity index is 932. The van der Waals surface area contributed by atoms with Gasteiger partial charge in [-0.05, 0) is 43.9 Å². The van der Waals surface area contributed by atoms with E-state index in [4.69, 9.17) is 9.47 Å². The van der Waals surface area contributed by atoms with Crippen molar-refractivity contribution in [1.29, 1.82) is 5.26 Å². The molecular weight excluding hydrogens is 436 g/mol. The summed E-state index contributed by atoms with van der Waals surface area (Å²) in [5.74, 6) is -0.758. The smallest absolute Gasteiger partial charge is 0.342 e. The van der Waals surface area contributed by atoms with Crippen molar-refractivity contribution in [3.8, 4) is 11.8 Å². The van der Waals surface area contributed by atoms with Crippen LogP contribution in [0.3, 0.4) is 0 Å². The quantitative estimate of drug-likeness (QED) is 0.632. The van der Waals surface area contributed by atoms with E-state index in [0.29, 0.717) is 18.6 Å². The van der Waals surface area contributed by atoms with E-state index in [0.717, 1.165) is 22.9 Å². The fourth-order valence-electron chi connectivity index (χ4n) is 3.29. The zero-order valence-corrected chi connectivity index (χ0v) is 17.4. The second-order valence-corrected chi connectivity index (χ2v) is 7.76. The third-order valence-corrected chi connectivity index (χ3v) is 5.61. The lowest BCUT2D eigenvalue weighted by atomic mass is 10.00. The van der Waals surface area contributed by atoms with E-state index in [-0.39, 0.29) is 12.2 Å². The summed E-state index contributed by atoms with van der Waals surface area (Å²) in [5, 5.41) is 12.0. The number of nitrogens with zero attached hydrogens (tertiary/aromatic N) is 1. The Hall–Kier alpha value is -2.85. The molecule has 3 rings (SSSR count). The molecule has 1 fully saturated rings. The molecule has 0 unspecified atom stereocenters. The molecule has 2 aromatic carbocycles. The minimum Gasteiger partial charge on any atom is -0.488 e. The van der Waals surface area contributed by atoms with Gasteiger partial charge < -0.3 is 14.8 Å². The summed E-state index contributed by atoms with van der Waals surface area (Å²) in [6.45, 7) is -0.169. The van der Waals surface area contributed by atoms with Crippen molar-refractivity contribution in [3.63, 3.8) is 0 Å². The second kappa shape index (κ2) is 9.57. The van der Waals surface area contributed by atoms with Gasteiger partial charge in [0.15, 0.2) is 6.61 Å². The molecule has 1 aliphatic rings. The minimum absolute atomic E-state index is 0.239. The number of rotatable bonds is 7. The number of nitriles is 1. The lowest BCUT2D eigenvalue weighted by Crippen LogP contribution is -2.46. The molecule has 0 radical (unpaired) electrons. The molecule has 1 N–H and O–H groups in total. The van der Waals surface area contributed by atoms with Crippen LogP contribution in [0, 0.1) is 11.3 Å². The van der Waals surface area contributed by atoms with Gasteiger partial charge in [-0.1, -0.05) is 46.3 Å². The normalized spacial score (nSPS) is 14.6. The van der Waals surface area contributed by atoms with Gasteiger partial charge in [-0.3, -0.25) is 4.79 Å². The molecule has 0 saturated heterocycles. The number of hydrogen-bond acceptors (Lipinski definition) is 5. The van der Waals surface area contributed by atoms with Crippen molar-refractivity contribution in [1.82, 2.24) is 5.32 Å². The number of carbonyl (C=O) groups is 2. The van der Waals surface area contributed by atoms with E-state index in [1.807, 2.05) is 24.3 Å². The van der Waals surface area contributed by atoms with Gasteiger partial charge in [0, 0.05) is 10.0 Å². The topological polar surface area (TPSA) is 88.4 Å². The Balaban J connectivity index is 1.59. The molecule has 150 valence electrons. The van der Waals surface area contributed by atoms with Gasteiger partial charge in [0.05, 0.1) is 6.07 Å². The number of hydrogen-bond donors (Lipinski definition) is 1. The number of para-hydroxylation sites is 1. The highest BCUT2D eigenvalue weighted by molar-refractivity contribution is 9.10. The molecular formula is C22H21BrN2O4. The lowest BCUT2D eigenvalue weighted by molar-refractivity contribution is -0.125. The summed E-state index contributed by atoms with van der Waals surface area (Å²) >= 11 is 3.47. The van der Waals surface area contributed by atoms with Gasteiger partial charge in [-0.15, -0.1) is 0 Å². The standard InChI is InChI=1S/C22H21BrN2O4/c23-18-9-3-1-7-16(18)13-28-19-10-4-2-8-17(19)21(27)29-14-20(26)25-22(15-24)11-5-6-12-22/h1-4,7-10H,5-6,11-14H2,(H,25,26). The Labute approximate surface area is 177 Å². The molecule has 0 heterocycles. The summed E-state index contributed by atoms with van der Waals surface area (Å²) in [4.78, 5) is 24.6. The fraction of sp³-hybridized carbons (Fsp3) is 0.318. The van der Waals surface area contributed by atoms with E-state index in [1.165, 1.54) is 0 Å². The first-order valence-electron chi connectivity index (χ1n) is 9.38. The van der Waals surface area contributed by atoms with Gasteiger partial charge in [-0.25, -0.2) is 4.79 Å². The Morgan fingerprint density at radius 2 is 1.79 bits per heavy atom. The number of nitrogens with one attached hydrogen (secondary N) is 1. The van der Waals surface area contributed by atoms with Crippen molar-refractivity contribution in [2.75, 3.05) is 6.61 Å². The maximum atomic E-state index is 12.5. The van der Waals surface area contributed by atoms with Crippen LogP contribution in [-0.4, -0.2) is 24.0 Å². The van der Waals surface area contributed by atoms with E-state index in [2.05, 4.69) is 27.3 Å². The van der Waals surface area contributed by atoms with E-state index >= 15 is 0 Å². The third kappa shape index (κ3) is 5.36. The lowest BCUT2D eigenvalue weighted by Gasteiger charge is -2.21. The average molecular weight is 457 g/mol. The van der Waals surface area contributed by atoms with Crippen molar-refractivity contribution in [2.45, 2.75) is 37.8 Å². The van der Waals surface area contributed by atoms with Crippen LogP contribution in [0.2, 0.25) is 0 Å². The number of ether oxygens (including phenoxy) is 2. The number of benzene rings is 2. The van der Waals surface area contributed by atoms with Crippen LogP contribution in [0.5, 0.6) is 5.75 Å². The fourth-order valence-corrected chi connectivity index (χ4v) is 3.69. The molecule has 0 spiro atoms. The minimum atomic E-state index is -0.840. The van der Waals surface area contributed by atoms with Crippen molar-refractivity contribution >= 4 is 27.8 Å². The second-order valence-electron chi connectivity index (χ2n) is 6.90. The van der Waals surface area contributed by atoms with Crippen LogP contribution in [0.1, 0.15) is 41.6 Å². The molecule has 1 amide bonds. The van der Waals surface area contributed by atoms with Gasteiger partial charge in [0.2, 0.25) is 0 Å². The van der Waals surface area contributed by atoms with E-state index in [1.54, 1.807) is 24.3 Å². The Kier molecular flexibility index (Phi) is 6.89. The highest BCUT2D eigenvalue weighted by Crippen LogP contribution is 2.29. The molecule has 1 saturated carbocycles. The highest BCUT2D eigenvalue weighted by Gasteiger charge is 2.35. The predicted octanol–water partition coefficient (Wildman–Crippen LogP) is 4.14. The average Bonchev–Trinajstić information content (AvgIpc) is 3.20. The Morgan fingerprint density at radius 1 is 1.10 bits per heavy atom. The van der Waals surface area contributed by atoms with Crippen LogP contribution in [0.4, 0.5) is 0 Å². The number of halogens is 1. The SMILES string of the molecule is N#CC1(NC(=O)COC(=O)c2ccccc2OCc2ccccc2Br)CCCC1. The predicted molar refractivity (Wildman–Crippen MR) is 110 cm³/mol. The molecule has 2 aromatic rings. The van der Waals surface area contributed by atoms with Gasteiger partial charge in [0.25, 0.3) is 5.91 Å². The zero-order valence-electron chi connectivity index (χ0n) is 15.8. The largest absolute Gasteiger partial charge is 0.488 e. The number of esters is 1. The third-order valence-electron chi connectivity index (χ3n) is 4.83. The van der Waals surface area contributed by atoms with E-state index in [9.17, 15) is 14.9 Å². The molecule has 0 bridgehead atoms. The first kappa shape index (κ1) is 20.9. The van der Waals surface area contributed by atoms with Crippen molar-refractivity contribution in [3.05, 3.63) is 64.1 Å². The molecule has 0 atom stereocenters. The number of carbonyl (C=O) groups excluding carboxylic acids is 2. The van der Waals surface area contributed by atoms with Crippen LogP contribution in [0.15, 0.2) is 53.0 Å². The van der Waals surface area contributed by atoms with Crippen LogP contribution >= 0.6 is 15.9 Å². The maximum Gasteiger partial charge on any atom is 0.342 e. The van der Waals surface area contributed by atoms with Crippen LogP contribution in [-0.2, 0) is 16.1 Å². The van der Waals surface area contributed by atoms with Crippen molar-refractivity contribution < 1.29 is 19.1 Å². The first-order chi connectivity index (χ1) is 14.0. The number of amides is 1. The summed E-state index contributed by atoms with van der Waals surface area (Å²) in [5.41, 5.74) is 0.338. The molecule has 0 aliphatic heterocycles. The molecule has 0 aromatic heterocycles. The Morgan fingerprint density at radius 3 is 2.52 bits per heavy atom. The van der Waals surface area contributed by atoms with Gasteiger partial charge in [0.1, 0.15) is 23.5 Å². The summed E-state index contributed by atoms with van der Waals surface area (Å²) in [6.07, 6.45) is 3.04. The molecule has 7 heteroatoms. The van der Waals surface area contributed by atoms with E-state index < -0.39 is 24.0 Å². The first-order valence-corrected chi connectivity index (χ1v) is 10.2. The monoisotopic (exact) mass is 456 g/mol. The summed E-state index contributed by atoms with van der Waals surface area (Å²) < 4.78 is 11.9. The maximum absolute atomic E-state index is 12.5. The van der Waals surface area contributed by atoms with Crippen LogP contribution in [0.25, 0.3) is 0 Å². The molecule has 1 aliphatic carbocycles. The van der Waals surface area contributed by atoms with Gasteiger partial charge in [-0.2, -0.15) is 5.26 Å². The zero-order chi connectivity index (χ0) is 20.7. The molecule has 29 heavy (non-hydrogen) atoms. The molecule has 6 nitrogen and oxygen atoms in total. The summed E-state index contributed by atoms with van der Waals surface area (Å²) in [7, 11) is 0. The summed E-state index contributed by atoms with van der Waals surface area (Å²) in [6, 6.07) is 16.5. The van der Waals surface area contributed by atoms with Crippen molar-refractivity contribution in [2.24, 2.45) is 0 Å². The highest BCUT2D eigenvalue weighted by atomic mass is 79.9. The van der Waals surface area contributed by atoms with Crippen LogP contribution < -0.4 is 10.1 Å². The van der Waals surface area contributed by atoms with Gasteiger partial charge >= 0.3 is 5.97 Å².